The molecule has 2 N–H and O–H groups in total. The van der Waals surface area contributed by atoms with E-state index >= 15 is 0 Å². The molecular formula is C16H15Cl3N2O2. The van der Waals surface area contributed by atoms with Crippen molar-refractivity contribution in [3.63, 3.8) is 0 Å². The third-order valence-corrected chi connectivity index (χ3v) is 3.95. The quantitative estimate of drug-likeness (QED) is 0.693. The molecule has 0 atom stereocenters. The molecule has 7 heteroatoms. The average molecular weight is 374 g/mol. The molecule has 0 spiro atoms. The molecule has 0 unspecified atom stereocenters. The molecule has 0 aliphatic carbocycles. The smallest absolute Gasteiger partial charge is 0.243 e. The number of halogens is 3. The van der Waals surface area contributed by atoms with E-state index < -0.39 is 0 Å². The van der Waals surface area contributed by atoms with Gasteiger partial charge in [0.05, 0.1) is 39.6 Å². The van der Waals surface area contributed by atoms with E-state index in [2.05, 4.69) is 10.6 Å². The van der Waals surface area contributed by atoms with Crippen LogP contribution in [0.15, 0.2) is 36.4 Å². The lowest BCUT2D eigenvalue weighted by molar-refractivity contribution is -0.114. The molecule has 122 valence electrons. The van der Waals surface area contributed by atoms with Gasteiger partial charge in [0, 0.05) is 0 Å². The number of amides is 1. The maximum Gasteiger partial charge on any atom is 0.243 e. The minimum atomic E-state index is -0.267. The Morgan fingerprint density at radius 3 is 2.48 bits per heavy atom. The Kier molecular flexibility index (Phi) is 6.39. The highest BCUT2D eigenvalue weighted by Crippen LogP contribution is 2.32. The number of ether oxygens (including phenoxy) is 1. The summed E-state index contributed by atoms with van der Waals surface area (Å²) in [4.78, 5) is 12.1. The van der Waals surface area contributed by atoms with Crippen LogP contribution < -0.4 is 15.4 Å². The molecule has 0 saturated carbocycles. The predicted molar refractivity (Wildman–Crippen MR) is 96.2 cm³/mol. The molecule has 23 heavy (non-hydrogen) atoms. The maximum absolute atomic E-state index is 12.1. The first-order valence-electron chi connectivity index (χ1n) is 6.91. The zero-order valence-corrected chi connectivity index (χ0v) is 14.6. The van der Waals surface area contributed by atoms with Gasteiger partial charge in [0.15, 0.2) is 0 Å². The number of anilines is 2. The molecule has 2 aromatic carbocycles. The van der Waals surface area contributed by atoms with Gasteiger partial charge in [-0.05, 0) is 31.2 Å². The normalized spacial score (nSPS) is 10.3. The monoisotopic (exact) mass is 372 g/mol. The highest BCUT2D eigenvalue weighted by atomic mass is 35.5. The van der Waals surface area contributed by atoms with Crippen LogP contribution >= 0.6 is 34.8 Å². The van der Waals surface area contributed by atoms with Gasteiger partial charge in [0.25, 0.3) is 0 Å². The Balaban J connectivity index is 2.00. The van der Waals surface area contributed by atoms with Crippen molar-refractivity contribution in [2.24, 2.45) is 0 Å². The van der Waals surface area contributed by atoms with Crippen LogP contribution in [0.5, 0.6) is 5.75 Å². The molecule has 0 aliphatic heterocycles. The highest BCUT2D eigenvalue weighted by molar-refractivity contribution is 6.44. The Morgan fingerprint density at radius 1 is 1.04 bits per heavy atom. The molecule has 2 aromatic rings. The van der Waals surface area contributed by atoms with Gasteiger partial charge in [0.2, 0.25) is 5.91 Å². The standard InChI is InChI=1S/C16H15Cl3N2O2/c1-2-23-15-6-4-3-5-13(15)20-9-16(22)21-14-8-11(18)10(17)7-12(14)19/h3-8,20H,2,9H2,1H3,(H,21,22). The number of rotatable bonds is 6. The summed E-state index contributed by atoms with van der Waals surface area (Å²) in [5.41, 5.74) is 1.15. The number of carbonyl (C=O) groups excluding carboxylic acids is 1. The largest absolute Gasteiger partial charge is 0.492 e. The fraction of sp³-hybridized carbons (Fsp3) is 0.188. The van der Waals surface area contributed by atoms with Crippen LogP contribution in [0.25, 0.3) is 0 Å². The van der Waals surface area contributed by atoms with Crippen molar-refractivity contribution in [2.45, 2.75) is 6.92 Å². The number of hydrogen-bond acceptors (Lipinski definition) is 3. The Morgan fingerprint density at radius 2 is 1.74 bits per heavy atom. The molecule has 1 amide bonds. The van der Waals surface area contributed by atoms with Gasteiger partial charge in [-0.15, -0.1) is 0 Å². The molecule has 0 aliphatic rings. The fourth-order valence-electron chi connectivity index (χ4n) is 1.88. The summed E-state index contributed by atoms with van der Waals surface area (Å²) in [6.07, 6.45) is 0. The minimum Gasteiger partial charge on any atom is -0.492 e. The van der Waals surface area contributed by atoms with Crippen molar-refractivity contribution in [3.8, 4) is 5.75 Å². The zero-order chi connectivity index (χ0) is 16.8. The molecule has 0 bridgehead atoms. The van der Waals surface area contributed by atoms with Gasteiger partial charge in [-0.1, -0.05) is 46.9 Å². The van der Waals surface area contributed by atoms with Crippen molar-refractivity contribution >= 4 is 52.1 Å². The van der Waals surface area contributed by atoms with E-state index in [1.807, 2.05) is 31.2 Å². The third kappa shape index (κ3) is 4.93. The van der Waals surface area contributed by atoms with E-state index in [9.17, 15) is 4.79 Å². The second kappa shape index (κ2) is 8.29. The summed E-state index contributed by atoms with van der Waals surface area (Å²) < 4.78 is 5.49. The molecular weight excluding hydrogens is 359 g/mol. The Labute approximate surface area is 149 Å². The van der Waals surface area contributed by atoms with E-state index in [4.69, 9.17) is 39.5 Å². The number of benzene rings is 2. The van der Waals surface area contributed by atoms with E-state index in [0.717, 1.165) is 5.69 Å². The van der Waals surface area contributed by atoms with Gasteiger partial charge in [-0.25, -0.2) is 0 Å². The van der Waals surface area contributed by atoms with E-state index in [1.54, 1.807) is 0 Å². The summed E-state index contributed by atoms with van der Waals surface area (Å²) in [7, 11) is 0. The topological polar surface area (TPSA) is 50.4 Å². The summed E-state index contributed by atoms with van der Waals surface area (Å²) in [5, 5.41) is 6.68. The van der Waals surface area contributed by atoms with Crippen molar-refractivity contribution in [1.29, 1.82) is 0 Å². The Bertz CT molecular complexity index is 708. The molecule has 2 rings (SSSR count). The lowest BCUT2D eigenvalue weighted by Crippen LogP contribution is -2.22. The number of nitrogens with one attached hydrogen (secondary N) is 2. The Hall–Kier alpha value is -1.62. The van der Waals surface area contributed by atoms with Crippen molar-refractivity contribution in [2.75, 3.05) is 23.8 Å². The number of para-hydroxylation sites is 2. The van der Waals surface area contributed by atoms with Gasteiger partial charge >= 0.3 is 0 Å². The fourth-order valence-corrected chi connectivity index (χ4v) is 2.48. The second-order valence-corrected chi connectivity index (χ2v) is 5.80. The first-order chi connectivity index (χ1) is 11.0. The van der Waals surface area contributed by atoms with Gasteiger partial charge in [-0.2, -0.15) is 0 Å². The summed E-state index contributed by atoms with van der Waals surface area (Å²) >= 11 is 17.8. The molecule has 0 saturated heterocycles. The first kappa shape index (κ1) is 17.7. The van der Waals surface area contributed by atoms with E-state index in [1.165, 1.54) is 12.1 Å². The SMILES string of the molecule is CCOc1ccccc1NCC(=O)Nc1cc(Cl)c(Cl)cc1Cl. The zero-order valence-electron chi connectivity index (χ0n) is 12.3. The molecule has 4 nitrogen and oxygen atoms in total. The molecule has 0 aromatic heterocycles. The van der Waals surface area contributed by atoms with Crippen molar-refractivity contribution in [3.05, 3.63) is 51.5 Å². The van der Waals surface area contributed by atoms with Crippen LogP contribution in [0, 0.1) is 0 Å². The van der Waals surface area contributed by atoms with Crippen LogP contribution in [0.4, 0.5) is 11.4 Å². The first-order valence-corrected chi connectivity index (χ1v) is 8.04. The van der Waals surface area contributed by atoms with Crippen LogP contribution in [0.3, 0.4) is 0 Å². The molecule has 0 fully saturated rings. The van der Waals surface area contributed by atoms with E-state index in [0.29, 0.717) is 33.1 Å². The van der Waals surface area contributed by atoms with Gasteiger partial charge in [-0.3, -0.25) is 4.79 Å². The average Bonchev–Trinajstić information content (AvgIpc) is 2.52. The van der Waals surface area contributed by atoms with Gasteiger partial charge in [0.1, 0.15) is 5.75 Å². The maximum atomic E-state index is 12.1. The minimum absolute atomic E-state index is 0.0562. The van der Waals surface area contributed by atoms with Crippen molar-refractivity contribution in [1.82, 2.24) is 0 Å². The summed E-state index contributed by atoms with van der Waals surface area (Å²) in [5.74, 6) is 0.423. The summed E-state index contributed by atoms with van der Waals surface area (Å²) in [6.45, 7) is 2.50. The van der Waals surface area contributed by atoms with Crippen LogP contribution in [-0.2, 0) is 4.79 Å². The summed E-state index contributed by atoms with van der Waals surface area (Å²) in [6, 6.07) is 10.4. The van der Waals surface area contributed by atoms with E-state index in [-0.39, 0.29) is 12.5 Å². The van der Waals surface area contributed by atoms with Gasteiger partial charge < -0.3 is 15.4 Å². The second-order valence-electron chi connectivity index (χ2n) is 4.58. The van der Waals surface area contributed by atoms with Crippen molar-refractivity contribution < 1.29 is 9.53 Å². The highest BCUT2D eigenvalue weighted by Gasteiger charge is 2.10. The van der Waals surface area contributed by atoms with Crippen LogP contribution in [0.2, 0.25) is 15.1 Å². The lowest BCUT2D eigenvalue weighted by Gasteiger charge is -2.13. The van der Waals surface area contributed by atoms with Crippen LogP contribution in [-0.4, -0.2) is 19.1 Å². The number of hydrogen-bond donors (Lipinski definition) is 2. The molecule has 0 heterocycles. The lowest BCUT2D eigenvalue weighted by atomic mass is 10.3. The third-order valence-electron chi connectivity index (χ3n) is 2.91. The number of carbonyl (C=O) groups is 1. The predicted octanol–water partition coefficient (Wildman–Crippen LogP) is 5.10. The molecule has 0 radical (unpaired) electrons. The van der Waals surface area contributed by atoms with Crippen LogP contribution in [0.1, 0.15) is 6.92 Å².